The zero-order valence-corrected chi connectivity index (χ0v) is 34.0. The molecule has 2 amide bonds. The molecule has 1 spiro atoms. The Morgan fingerprint density at radius 2 is 1.63 bits per heavy atom. The van der Waals surface area contributed by atoms with Gasteiger partial charge in [-0.25, -0.2) is 4.79 Å². The molecule has 0 unspecified atom stereocenters. The molecule has 314 valence electrons. The number of hydrogen-bond donors (Lipinski definition) is 3. The van der Waals surface area contributed by atoms with Crippen LogP contribution in [0.5, 0.6) is 0 Å². The lowest BCUT2D eigenvalue weighted by atomic mass is 9.90. The number of hydrogen-bond acceptors (Lipinski definition) is 11. The first-order chi connectivity index (χ1) is 28.3. The highest BCUT2D eigenvalue weighted by molar-refractivity contribution is 5.98. The van der Waals surface area contributed by atoms with Crippen molar-refractivity contribution in [1.29, 1.82) is 0 Å². The maximum atomic E-state index is 14.6. The third-order valence-corrected chi connectivity index (χ3v) is 10.5. The molecule has 3 aliphatic rings. The van der Waals surface area contributed by atoms with E-state index in [0.29, 0.717) is 18.4 Å². The Morgan fingerprint density at radius 1 is 0.949 bits per heavy atom. The van der Waals surface area contributed by atoms with Crippen molar-refractivity contribution in [1.82, 2.24) is 10.2 Å². The number of nitrogens with one attached hydrogen (secondary N) is 1. The topological polar surface area (TPSA) is 170 Å². The van der Waals surface area contributed by atoms with Gasteiger partial charge in [0.2, 0.25) is 11.8 Å². The number of nitrogens with zero attached hydrogens (tertiary/aromatic N) is 1. The van der Waals surface area contributed by atoms with Crippen LogP contribution in [0.4, 0.5) is 0 Å². The van der Waals surface area contributed by atoms with Crippen molar-refractivity contribution in [2.45, 2.75) is 101 Å². The minimum Gasteiger partial charge on any atom is -0.499 e. The molecule has 2 aliphatic carbocycles. The Hall–Kier alpha value is -5.34. The highest BCUT2D eigenvalue weighted by Gasteiger charge is 2.55. The predicted molar refractivity (Wildman–Crippen MR) is 218 cm³/mol. The van der Waals surface area contributed by atoms with E-state index >= 15 is 0 Å². The summed E-state index contributed by atoms with van der Waals surface area (Å²) in [5.41, 5.74) is 3.37. The van der Waals surface area contributed by atoms with Crippen molar-refractivity contribution in [3.05, 3.63) is 125 Å². The van der Waals surface area contributed by atoms with Gasteiger partial charge in [0.15, 0.2) is 5.79 Å². The first-order valence-electron chi connectivity index (χ1n) is 20.0. The van der Waals surface area contributed by atoms with Crippen LogP contribution in [0.25, 0.3) is 6.08 Å². The monoisotopic (exact) mass is 810 g/mol. The molecule has 0 aromatic heterocycles. The molecule has 1 aliphatic heterocycles. The largest absolute Gasteiger partial charge is 0.499 e. The van der Waals surface area contributed by atoms with Gasteiger partial charge in [0, 0.05) is 44.7 Å². The second-order valence-corrected chi connectivity index (χ2v) is 16.2. The minimum atomic E-state index is -1.02. The van der Waals surface area contributed by atoms with Gasteiger partial charge in [0.1, 0.15) is 36.6 Å². The Bertz CT molecular complexity index is 2000. The van der Waals surface area contributed by atoms with Gasteiger partial charge in [-0.1, -0.05) is 72.8 Å². The number of likely N-dealkylation sites (N-methyl/N-ethyl adjacent to an activating group) is 1. The molecular weight excluding hydrogens is 757 g/mol. The molecule has 5 atom stereocenters. The summed E-state index contributed by atoms with van der Waals surface area (Å²) in [7, 11) is 1.54. The second-order valence-electron chi connectivity index (χ2n) is 16.2. The molecule has 0 saturated carbocycles. The highest BCUT2D eigenvalue weighted by Crippen LogP contribution is 2.45. The summed E-state index contributed by atoms with van der Waals surface area (Å²) in [4.78, 5) is 56.5. The summed E-state index contributed by atoms with van der Waals surface area (Å²) in [5, 5.41) is 22.1. The number of aliphatic hydroxyl groups is 2. The zero-order valence-electron chi connectivity index (χ0n) is 34.0. The number of amides is 2. The molecular formula is C46H54N2O11. The van der Waals surface area contributed by atoms with Crippen LogP contribution >= 0.6 is 0 Å². The molecule has 3 aromatic rings. The minimum absolute atomic E-state index is 0.0189. The Labute approximate surface area is 344 Å². The van der Waals surface area contributed by atoms with Gasteiger partial charge in [0.05, 0.1) is 31.1 Å². The molecule has 1 fully saturated rings. The molecule has 13 heteroatoms. The van der Waals surface area contributed by atoms with Crippen LogP contribution in [0.3, 0.4) is 0 Å². The maximum Gasteiger partial charge on any atom is 0.339 e. The van der Waals surface area contributed by atoms with Crippen LogP contribution in [0.15, 0.2) is 96.8 Å². The number of rotatable bonds is 16. The standard InChI is InChI=1S/C46H54N2O11/c1-45(2,3)58-40(51)19-18-35(29-50)47-42(52)37(24-30-12-6-5-7-13-30)48(4)43(53)34-25-38(56-44(54)36-17-11-10-14-31(36)20-22-55-23-21-49)41-39(26-34)57-46(59-41)27-32-15-8-9-16-33(32)28-46/h5-17,20,22,26,35,37-39,41,49-50H,18-19,21,23-25,27-29H2,1-4H3,(H,47,52)/t35-,37+,38+,39+,41-/m0/s1. The van der Waals surface area contributed by atoms with Crippen molar-refractivity contribution in [2.75, 3.05) is 26.9 Å². The van der Waals surface area contributed by atoms with E-state index in [1.807, 2.05) is 54.6 Å². The molecule has 0 bridgehead atoms. The van der Waals surface area contributed by atoms with Gasteiger partial charge in [-0.05, 0) is 67.7 Å². The van der Waals surface area contributed by atoms with E-state index in [2.05, 4.69) is 5.32 Å². The van der Waals surface area contributed by atoms with Crippen LogP contribution in [0.1, 0.15) is 72.6 Å². The fourth-order valence-electron chi connectivity index (χ4n) is 7.73. The van der Waals surface area contributed by atoms with Crippen molar-refractivity contribution >= 4 is 29.8 Å². The quantitative estimate of drug-likeness (QED) is 0.106. The van der Waals surface area contributed by atoms with E-state index < -0.39 is 72.1 Å². The zero-order chi connectivity index (χ0) is 42.2. The van der Waals surface area contributed by atoms with Crippen molar-refractivity contribution < 1.29 is 53.1 Å². The summed E-state index contributed by atoms with van der Waals surface area (Å²) in [5.74, 6) is -3.10. The first-order valence-corrected chi connectivity index (χ1v) is 20.0. The maximum absolute atomic E-state index is 14.6. The number of esters is 2. The summed E-state index contributed by atoms with van der Waals surface area (Å²) in [6.45, 7) is 4.80. The predicted octanol–water partition coefficient (Wildman–Crippen LogP) is 4.47. The van der Waals surface area contributed by atoms with Gasteiger partial charge in [0.25, 0.3) is 0 Å². The first kappa shape index (κ1) is 43.2. The summed E-state index contributed by atoms with van der Waals surface area (Å²) >= 11 is 0. The third-order valence-electron chi connectivity index (χ3n) is 10.5. The van der Waals surface area contributed by atoms with E-state index in [1.165, 1.54) is 11.2 Å². The van der Waals surface area contributed by atoms with Crippen molar-refractivity contribution in [3.8, 4) is 0 Å². The molecule has 6 rings (SSSR count). The lowest BCUT2D eigenvalue weighted by Gasteiger charge is -2.34. The number of aliphatic hydroxyl groups excluding tert-OH is 2. The molecule has 0 radical (unpaired) electrons. The Balaban J connectivity index is 1.25. The van der Waals surface area contributed by atoms with Crippen molar-refractivity contribution in [2.24, 2.45) is 0 Å². The number of fused-ring (bicyclic) bond motifs is 2. The van der Waals surface area contributed by atoms with E-state index in [1.54, 1.807) is 64.2 Å². The van der Waals surface area contributed by atoms with E-state index in [4.69, 9.17) is 28.8 Å². The van der Waals surface area contributed by atoms with E-state index in [-0.39, 0.29) is 50.0 Å². The van der Waals surface area contributed by atoms with Gasteiger partial charge in [-0.15, -0.1) is 0 Å². The molecule has 1 heterocycles. The Morgan fingerprint density at radius 3 is 2.31 bits per heavy atom. The van der Waals surface area contributed by atoms with Crippen LogP contribution in [0, 0.1) is 0 Å². The number of ether oxygens (including phenoxy) is 5. The van der Waals surface area contributed by atoms with Crippen molar-refractivity contribution in [3.63, 3.8) is 0 Å². The SMILES string of the molecule is CN(C(=O)C1=C[C@H]2OC3(Cc4ccccc4C3)O[C@H]2[C@H](OC(=O)c2ccccc2C=COCCO)C1)[C@H](Cc1ccccc1)C(=O)N[C@H](CO)CCC(=O)OC(C)(C)C. The summed E-state index contributed by atoms with van der Waals surface area (Å²) < 4.78 is 30.3. The summed E-state index contributed by atoms with van der Waals surface area (Å²) in [6, 6.07) is 22.3. The molecule has 59 heavy (non-hydrogen) atoms. The number of carbonyl (C=O) groups is 4. The lowest BCUT2D eigenvalue weighted by Crippen LogP contribution is -2.53. The highest BCUT2D eigenvalue weighted by atomic mass is 16.8. The van der Waals surface area contributed by atoms with Gasteiger partial charge >= 0.3 is 11.9 Å². The molecule has 1 saturated heterocycles. The van der Waals surface area contributed by atoms with E-state index in [0.717, 1.165) is 16.7 Å². The van der Waals surface area contributed by atoms with Crippen LogP contribution in [0.2, 0.25) is 0 Å². The normalized spacial score (nSPS) is 20.2. The van der Waals surface area contributed by atoms with Gasteiger partial charge < -0.3 is 44.1 Å². The van der Waals surface area contributed by atoms with Gasteiger partial charge in [-0.3, -0.25) is 14.4 Å². The summed E-state index contributed by atoms with van der Waals surface area (Å²) in [6.07, 6.45) is 3.50. The van der Waals surface area contributed by atoms with Crippen LogP contribution in [-0.2, 0) is 57.3 Å². The van der Waals surface area contributed by atoms with Gasteiger partial charge in [-0.2, -0.15) is 0 Å². The Kier molecular flexibility index (Phi) is 14.0. The average molecular weight is 811 g/mol. The smallest absolute Gasteiger partial charge is 0.339 e. The number of benzene rings is 3. The molecule has 3 N–H and O–H groups in total. The number of carbonyl (C=O) groups excluding carboxylic acids is 4. The second kappa shape index (κ2) is 19.2. The van der Waals surface area contributed by atoms with Crippen LogP contribution in [-0.4, -0.2) is 108 Å². The lowest BCUT2D eigenvalue weighted by molar-refractivity contribution is -0.172. The van der Waals surface area contributed by atoms with Crippen LogP contribution < -0.4 is 5.32 Å². The molecule has 13 nitrogen and oxygen atoms in total. The fraction of sp³-hybridized carbons (Fsp3) is 0.435. The van der Waals surface area contributed by atoms with E-state index in [9.17, 15) is 24.3 Å². The fourth-order valence-corrected chi connectivity index (χ4v) is 7.73. The average Bonchev–Trinajstić information content (AvgIpc) is 3.77. The molecule has 3 aromatic carbocycles. The third kappa shape index (κ3) is 11.0.